The largest absolute Gasteiger partial charge is 0.397 e. The van der Waals surface area contributed by atoms with E-state index in [1.807, 2.05) is 0 Å². The van der Waals surface area contributed by atoms with Crippen molar-refractivity contribution in [3.05, 3.63) is 35.7 Å². The van der Waals surface area contributed by atoms with Crippen molar-refractivity contribution in [1.82, 2.24) is 40.3 Å². The summed E-state index contributed by atoms with van der Waals surface area (Å²) in [4.78, 5) is 0. The van der Waals surface area contributed by atoms with Crippen molar-refractivity contribution in [3.63, 3.8) is 0 Å². The minimum atomic E-state index is -5.47. The molecule has 0 aromatic carbocycles. The van der Waals surface area contributed by atoms with Crippen LogP contribution in [0.3, 0.4) is 0 Å². The summed E-state index contributed by atoms with van der Waals surface area (Å²) in [6, 6.07) is 0. The molecule has 7 rings (SSSR count). The predicted octanol–water partition coefficient (Wildman–Crippen LogP) is -3.70. The van der Waals surface area contributed by atoms with Crippen LogP contribution in [-0.2, 0) is 165 Å². The van der Waals surface area contributed by atoms with Crippen molar-refractivity contribution in [3.8, 4) is 0 Å². The fraction of sp³-hybridized carbons (Fsp3) is 0.824. The van der Waals surface area contributed by atoms with E-state index in [1.165, 1.54) is 31.1 Å². The van der Waals surface area contributed by atoms with Gasteiger partial charge in [0.2, 0.25) is 5.69 Å². The molecule has 0 aliphatic carbocycles. The summed E-state index contributed by atoms with van der Waals surface area (Å²) in [6.07, 6.45) is -20.0. The third-order valence-corrected chi connectivity index (χ3v) is 15.7. The first-order valence-corrected chi connectivity index (χ1v) is 32.5. The number of nitrogens with one attached hydrogen (secondary N) is 1. The van der Waals surface area contributed by atoms with Gasteiger partial charge < -0.3 is 37.9 Å². The van der Waals surface area contributed by atoms with Crippen molar-refractivity contribution in [1.29, 1.82) is 0 Å². The number of aromatic amines is 1. The molecule has 1 unspecified atom stereocenters. The average molecular weight is 1360 g/mol. The lowest BCUT2D eigenvalue weighted by Gasteiger charge is -2.40. The number of hydrogen-bond acceptors (Lipinski definition) is 31. The highest BCUT2D eigenvalue weighted by Gasteiger charge is 2.54. The number of hydrogen-bond donors (Lipinski definition) is 7. The summed E-state index contributed by atoms with van der Waals surface area (Å²) in [5, 5.41) is 21.3. The number of rotatable bonds is 29. The molecule has 4 fully saturated rings. The molecule has 0 bridgehead atoms. The lowest BCUT2D eigenvalue weighted by atomic mass is 10.0. The molecule has 0 saturated carbocycles. The normalized spacial score (nSPS) is 31.6. The van der Waals surface area contributed by atoms with Gasteiger partial charge in [-0.25, -0.2) is 34.5 Å². The van der Waals surface area contributed by atoms with E-state index in [2.05, 4.69) is 39.3 Å². The van der Waals surface area contributed by atoms with Gasteiger partial charge in [-0.2, -0.15) is 55.2 Å². The van der Waals surface area contributed by atoms with Gasteiger partial charge in [0.15, 0.2) is 30.9 Å². The van der Waals surface area contributed by atoms with E-state index in [9.17, 15) is 77.8 Å². The summed E-state index contributed by atoms with van der Waals surface area (Å²) >= 11 is 12.5. The van der Waals surface area contributed by atoms with E-state index in [-0.39, 0.29) is 30.1 Å². The molecule has 4 aliphatic heterocycles. The van der Waals surface area contributed by atoms with E-state index in [1.54, 1.807) is 0 Å². The van der Waals surface area contributed by atoms with Gasteiger partial charge in [0.05, 0.1) is 56.1 Å². The maximum Gasteiger partial charge on any atom is 0.397 e. The van der Waals surface area contributed by atoms with Crippen LogP contribution >= 0.6 is 23.2 Å². The Labute approximate surface area is 480 Å². The third-order valence-electron chi connectivity index (χ3n) is 11.9. The zero-order valence-corrected chi connectivity index (χ0v) is 48.6. The Balaban J connectivity index is 1.04. The first kappa shape index (κ1) is 67.4. The van der Waals surface area contributed by atoms with Crippen molar-refractivity contribution in [2.45, 2.75) is 163 Å². The molecule has 4 saturated heterocycles. The number of aromatic nitrogens is 9. The minimum absolute atomic E-state index is 0.00497. The Bertz CT molecular complexity index is 3380. The molecule has 15 atom stereocenters. The van der Waals surface area contributed by atoms with Crippen LogP contribution < -0.4 is 4.68 Å². The fourth-order valence-corrected chi connectivity index (χ4v) is 12.3. The standard InChI is InChI=1S/C34H51Cl2N9O32S6/c1-17-21(36)3-24(74-80(52,53)54)33(67-17)71-34(16-35)6-25(75-81(55,56)57)26(70-34)10-43-8-19(38-41-43)14-65-29-5-23(73-79(49,50)51)32(77-83(61,62)63)28(69-29)12-45-9-20(39-42-45)15-66-30-4-22(72-78(46,47)48)31(76-82(58,59)60)27(68-30)11-44-7-18(13-64-2)37-40-44/h7-9,17,21-33H,3-6,10-16H2,1-2H3,(H6,46,47,48,49,50,51,52,53,54,55,56,57,58,59,60,61,62,63)/p+1/t17-,21-,22-,23-,24-,25+,26-,27-,28-,29+,30-,31+,32+,33?,34-/m1/s1. The van der Waals surface area contributed by atoms with Crippen LogP contribution in [0.4, 0.5) is 0 Å². The molecule has 7 N–H and O–H groups in total. The lowest BCUT2D eigenvalue weighted by Crippen LogP contribution is -2.54. The van der Waals surface area contributed by atoms with Crippen molar-refractivity contribution < 1.29 is 145 Å². The number of halogens is 2. The Hall–Kier alpha value is -3.10. The van der Waals surface area contributed by atoms with Crippen LogP contribution in [0.5, 0.6) is 0 Å². The highest BCUT2D eigenvalue weighted by molar-refractivity contribution is 7.82. The second kappa shape index (κ2) is 27.1. The molecular weight excluding hydrogens is 1310 g/mol. The van der Waals surface area contributed by atoms with Crippen LogP contribution in [0.25, 0.3) is 0 Å². The van der Waals surface area contributed by atoms with Gasteiger partial charge in [-0.3, -0.25) is 27.3 Å². The third kappa shape index (κ3) is 21.0. The number of methoxy groups -OCH3 is 1. The minimum Gasteiger partial charge on any atom is -0.378 e. The Morgan fingerprint density at radius 2 is 1.10 bits per heavy atom. The molecule has 3 aromatic rings. The quantitative estimate of drug-likeness (QED) is 0.0200. The average Bonchev–Trinajstić information content (AvgIpc) is 4.20. The molecule has 7 heterocycles. The maximum atomic E-state index is 12.1. The van der Waals surface area contributed by atoms with E-state index >= 15 is 0 Å². The molecule has 49 heteroatoms. The summed E-state index contributed by atoms with van der Waals surface area (Å²) in [5.74, 6) is -2.65. The van der Waals surface area contributed by atoms with Crippen molar-refractivity contribution in [2.24, 2.45) is 0 Å². The van der Waals surface area contributed by atoms with E-state index in [4.69, 9.17) is 77.8 Å². The highest BCUT2D eigenvalue weighted by atomic mass is 35.5. The Morgan fingerprint density at radius 3 is 1.57 bits per heavy atom. The van der Waals surface area contributed by atoms with Crippen LogP contribution in [0.1, 0.15) is 49.7 Å². The first-order valence-electron chi connectivity index (χ1n) is 23.3. The lowest BCUT2D eigenvalue weighted by molar-refractivity contribution is -0.760. The molecular formula is C34H52Cl2N9O32S6+. The predicted molar refractivity (Wildman–Crippen MR) is 257 cm³/mol. The molecule has 0 radical (unpaired) electrons. The van der Waals surface area contributed by atoms with Gasteiger partial charge in [0.1, 0.15) is 79.5 Å². The van der Waals surface area contributed by atoms with E-state index in [0.717, 1.165) is 15.6 Å². The smallest absolute Gasteiger partial charge is 0.378 e. The second-order valence-electron chi connectivity index (χ2n) is 18.3. The monoisotopic (exact) mass is 1360 g/mol. The second-order valence-corrected chi connectivity index (χ2v) is 25.4. The van der Waals surface area contributed by atoms with Crippen molar-refractivity contribution in [2.75, 3.05) is 13.0 Å². The number of alkyl halides is 2. The SMILES string of the molecule is COCc1cn(C[C@H]2O[C@@H](OCc3cn(C[C@H]4O[C@H](OCc5c[n+](C[C@H]6O[C@@](CCl)(OC7O[C@H](C)[C@H](Cl)C[C@H]7OS(=O)(=O)O)C[C@@H]6OS(=O)(=O)O)[nH]n5)C[C@@H](OS(=O)(=O)O)[C@@H]4OS(=O)(=O)O)nn3)C[C@@H](OS(=O)(=O)O)[C@@H]2OS(=O)(=O)O)nn1. The van der Waals surface area contributed by atoms with Gasteiger partial charge >= 0.3 is 62.4 Å². The summed E-state index contributed by atoms with van der Waals surface area (Å²) in [7, 11) is -30.5. The molecule has 83 heavy (non-hydrogen) atoms. The van der Waals surface area contributed by atoms with Crippen LogP contribution in [-0.4, -0.2) is 222 Å². The van der Waals surface area contributed by atoms with Gasteiger partial charge in [-0.05, 0) is 13.3 Å². The van der Waals surface area contributed by atoms with Crippen molar-refractivity contribution >= 4 is 85.6 Å². The molecule has 0 amide bonds. The highest BCUT2D eigenvalue weighted by Crippen LogP contribution is 2.40. The topological polar surface area (TPSA) is 549 Å². The van der Waals surface area contributed by atoms with Crippen LogP contribution in [0.2, 0.25) is 0 Å². The molecule has 474 valence electrons. The molecule has 0 spiro atoms. The Kier molecular flexibility index (Phi) is 22.0. The summed E-state index contributed by atoms with van der Waals surface area (Å²) in [6.45, 7) is -1.15. The van der Waals surface area contributed by atoms with Gasteiger partial charge in [-0.1, -0.05) is 15.6 Å². The number of H-pyrrole nitrogens is 1. The zero-order chi connectivity index (χ0) is 61.1. The van der Waals surface area contributed by atoms with Gasteiger partial charge in [-0.15, -0.1) is 33.4 Å². The van der Waals surface area contributed by atoms with Crippen LogP contribution in [0, 0.1) is 0 Å². The maximum absolute atomic E-state index is 12.1. The number of ether oxygens (including phenoxy) is 8. The van der Waals surface area contributed by atoms with E-state index < -0.39 is 211 Å². The number of nitrogens with zero attached hydrogens (tertiary/aromatic N) is 8. The molecule has 3 aromatic heterocycles. The van der Waals surface area contributed by atoms with Gasteiger partial charge in [0.25, 0.3) is 0 Å². The molecule has 4 aliphatic rings. The summed E-state index contributed by atoms with van der Waals surface area (Å²) in [5.41, 5.74) is 0.210. The fourth-order valence-electron chi connectivity index (χ4n) is 8.81. The summed E-state index contributed by atoms with van der Waals surface area (Å²) < 4.78 is 278. The Morgan fingerprint density at radius 1 is 0.639 bits per heavy atom. The first-order chi connectivity index (χ1) is 38.4. The molecule has 41 nitrogen and oxygen atoms in total. The zero-order valence-electron chi connectivity index (χ0n) is 42.2. The van der Waals surface area contributed by atoms with E-state index in [0.29, 0.717) is 0 Å². The van der Waals surface area contributed by atoms with Gasteiger partial charge in [0, 0.05) is 31.5 Å². The van der Waals surface area contributed by atoms with Crippen LogP contribution in [0.15, 0.2) is 18.6 Å².